The van der Waals surface area contributed by atoms with Crippen molar-refractivity contribution in [3.63, 3.8) is 0 Å². The van der Waals surface area contributed by atoms with Crippen molar-refractivity contribution in [1.82, 2.24) is 9.88 Å². The van der Waals surface area contributed by atoms with Crippen LogP contribution in [0.4, 0.5) is 0 Å². The summed E-state index contributed by atoms with van der Waals surface area (Å²) < 4.78 is 5.81. The van der Waals surface area contributed by atoms with Crippen LogP contribution in [0.15, 0.2) is 36.4 Å². The predicted octanol–water partition coefficient (Wildman–Crippen LogP) is 5.03. The van der Waals surface area contributed by atoms with Gasteiger partial charge in [-0.25, -0.2) is 4.98 Å². The predicted molar refractivity (Wildman–Crippen MR) is 104 cm³/mol. The Balaban J connectivity index is 1.73. The first-order chi connectivity index (χ1) is 12.5. The van der Waals surface area contributed by atoms with E-state index in [2.05, 4.69) is 18.8 Å². The molecule has 1 saturated heterocycles. The van der Waals surface area contributed by atoms with Gasteiger partial charge in [-0.2, -0.15) is 0 Å². The zero-order valence-electron chi connectivity index (χ0n) is 15.5. The molecule has 0 radical (unpaired) electrons. The Bertz CT molecular complexity index is 783. The van der Waals surface area contributed by atoms with E-state index in [1.165, 1.54) is 6.42 Å². The number of pyridine rings is 1. The highest BCUT2D eigenvalue weighted by atomic mass is 35.5. The molecule has 5 heteroatoms. The minimum Gasteiger partial charge on any atom is -0.486 e. The van der Waals surface area contributed by atoms with E-state index < -0.39 is 0 Å². The van der Waals surface area contributed by atoms with Crippen LogP contribution in [0.2, 0.25) is 5.02 Å². The van der Waals surface area contributed by atoms with Crippen LogP contribution < -0.4 is 4.74 Å². The molecule has 2 aromatic rings. The third kappa shape index (κ3) is 4.01. The minimum absolute atomic E-state index is 0.000128. The van der Waals surface area contributed by atoms with Crippen molar-refractivity contribution < 1.29 is 9.53 Å². The maximum Gasteiger partial charge on any atom is 0.272 e. The lowest BCUT2D eigenvalue weighted by Gasteiger charge is -2.38. The maximum atomic E-state index is 12.9. The smallest absolute Gasteiger partial charge is 0.272 e. The Morgan fingerprint density at radius 1 is 1.19 bits per heavy atom. The highest BCUT2D eigenvalue weighted by Crippen LogP contribution is 2.28. The molecule has 0 aliphatic carbocycles. The van der Waals surface area contributed by atoms with Gasteiger partial charge < -0.3 is 9.64 Å². The Kier molecular flexibility index (Phi) is 5.82. The van der Waals surface area contributed by atoms with Gasteiger partial charge >= 0.3 is 0 Å². The van der Waals surface area contributed by atoms with E-state index in [1.54, 1.807) is 6.07 Å². The lowest BCUT2D eigenvalue weighted by atomic mass is 9.97. The quantitative estimate of drug-likeness (QED) is 0.756. The van der Waals surface area contributed by atoms with Crippen LogP contribution in [0.5, 0.6) is 5.75 Å². The van der Waals surface area contributed by atoms with Crippen LogP contribution in [-0.2, 0) is 6.61 Å². The Morgan fingerprint density at radius 2 is 1.88 bits per heavy atom. The number of benzene rings is 1. The molecular formula is C21H25ClN2O2. The van der Waals surface area contributed by atoms with E-state index in [0.717, 1.165) is 18.4 Å². The first kappa shape index (κ1) is 18.7. The first-order valence-electron chi connectivity index (χ1n) is 9.14. The number of hydrogen-bond acceptors (Lipinski definition) is 3. The summed E-state index contributed by atoms with van der Waals surface area (Å²) in [6.45, 7) is 6.43. The molecule has 2 heterocycles. The number of halogens is 1. The zero-order valence-corrected chi connectivity index (χ0v) is 16.3. The molecule has 0 N–H and O–H groups in total. The summed E-state index contributed by atoms with van der Waals surface area (Å²) in [5.74, 6) is 0.628. The van der Waals surface area contributed by atoms with Gasteiger partial charge in [0.05, 0.1) is 10.7 Å². The number of rotatable bonds is 4. The summed E-state index contributed by atoms with van der Waals surface area (Å²) in [6, 6.07) is 11.7. The third-order valence-electron chi connectivity index (χ3n) is 4.99. The summed E-state index contributed by atoms with van der Waals surface area (Å²) in [6.07, 6.45) is 3.26. The van der Waals surface area contributed by atoms with Crippen LogP contribution in [0.1, 0.15) is 54.9 Å². The van der Waals surface area contributed by atoms with Crippen molar-refractivity contribution in [3.05, 3.63) is 58.4 Å². The second kappa shape index (κ2) is 8.09. The van der Waals surface area contributed by atoms with Crippen molar-refractivity contribution in [3.8, 4) is 5.75 Å². The van der Waals surface area contributed by atoms with Gasteiger partial charge in [0, 0.05) is 12.1 Å². The molecule has 1 amide bonds. The number of ether oxygens (including phenoxy) is 1. The molecule has 1 aromatic heterocycles. The lowest BCUT2D eigenvalue weighted by Crippen LogP contribution is -2.47. The molecule has 1 aromatic carbocycles. The van der Waals surface area contributed by atoms with Crippen molar-refractivity contribution in [1.29, 1.82) is 0 Å². The molecule has 1 aliphatic rings. The van der Waals surface area contributed by atoms with Crippen LogP contribution in [0, 0.1) is 6.92 Å². The summed E-state index contributed by atoms with van der Waals surface area (Å²) in [7, 11) is 0. The number of hydrogen-bond donors (Lipinski definition) is 0. The Morgan fingerprint density at radius 3 is 2.62 bits per heavy atom. The second-order valence-corrected chi connectivity index (χ2v) is 7.41. The number of amides is 1. The molecule has 1 aliphatic heterocycles. The molecule has 138 valence electrons. The molecule has 0 saturated carbocycles. The van der Waals surface area contributed by atoms with E-state index in [9.17, 15) is 4.79 Å². The number of carbonyl (C=O) groups excluding carboxylic acids is 1. The molecule has 0 bridgehead atoms. The van der Waals surface area contributed by atoms with Gasteiger partial charge in [0.2, 0.25) is 0 Å². The number of piperidine rings is 1. The number of aryl methyl sites for hydroxylation is 1. The molecule has 0 spiro atoms. The Hall–Kier alpha value is -2.07. The van der Waals surface area contributed by atoms with Crippen molar-refractivity contribution in [2.75, 3.05) is 0 Å². The van der Waals surface area contributed by atoms with E-state index in [-0.39, 0.29) is 24.6 Å². The van der Waals surface area contributed by atoms with E-state index >= 15 is 0 Å². The highest BCUT2D eigenvalue weighted by molar-refractivity contribution is 6.32. The molecule has 26 heavy (non-hydrogen) atoms. The maximum absolute atomic E-state index is 12.9. The standard InChI is InChI=1S/C21H25ClN2O2/c1-14-7-4-12-19(20(14)22)26-13-17-10-6-11-18(23-17)21(25)24-15(2)8-5-9-16(24)3/h4,6-7,10-12,15-16H,5,8-9,13H2,1-3H3. The van der Waals surface area contributed by atoms with Crippen LogP contribution >= 0.6 is 11.6 Å². The molecule has 1 fully saturated rings. The molecule has 2 unspecified atom stereocenters. The first-order valence-corrected chi connectivity index (χ1v) is 9.51. The minimum atomic E-state index is 0.000128. The van der Waals surface area contributed by atoms with Gasteiger partial charge in [0.1, 0.15) is 18.1 Å². The topological polar surface area (TPSA) is 42.4 Å². The number of carbonyl (C=O) groups is 1. The van der Waals surface area contributed by atoms with Gasteiger partial charge in [-0.1, -0.05) is 29.8 Å². The van der Waals surface area contributed by atoms with Crippen LogP contribution in [-0.4, -0.2) is 27.9 Å². The SMILES string of the molecule is Cc1cccc(OCc2cccc(C(=O)N3C(C)CCCC3C)n2)c1Cl. The zero-order chi connectivity index (χ0) is 18.7. The lowest BCUT2D eigenvalue weighted by molar-refractivity contribution is 0.0504. The Labute approximate surface area is 160 Å². The van der Waals surface area contributed by atoms with Gasteiger partial charge in [0.15, 0.2) is 0 Å². The fourth-order valence-electron chi connectivity index (χ4n) is 3.52. The van der Waals surface area contributed by atoms with E-state index in [0.29, 0.717) is 22.2 Å². The largest absolute Gasteiger partial charge is 0.486 e. The fraction of sp³-hybridized carbons (Fsp3) is 0.429. The normalized spacial score (nSPS) is 20.1. The van der Waals surface area contributed by atoms with Crippen molar-refractivity contribution in [2.45, 2.75) is 58.7 Å². The number of likely N-dealkylation sites (tertiary alicyclic amines) is 1. The molecule has 4 nitrogen and oxygen atoms in total. The average Bonchev–Trinajstić information content (AvgIpc) is 2.63. The average molecular weight is 373 g/mol. The molecular weight excluding hydrogens is 348 g/mol. The summed E-state index contributed by atoms with van der Waals surface area (Å²) in [4.78, 5) is 19.4. The third-order valence-corrected chi connectivity index (χ3v) is 5.47. The number of nitrogens with zero attached hydrogens (tertiary/aromatic N) is 2. The van der Waals surface area contributed by atoms with Gasteiger partial charge in [-0.05, 0) is 63.8 Å². The monoisotopic (exact) mass is 372 g/mol. The highest BCUT2D eigenvalue weighted by Gasteiger charge is 2.30. The second-order valence-electron chi connectivity index (χ2n) is 7.03. The van der Waals surface area contributed by atoms with Crippen molar-refractivity contribution >= 4 is 17.5 Å². The van der Waals surface area contributed by atoms with Crippen molar-refractivity contribution in [2.24, 2.45) is 0 Å². The number of aromatic nitrogens is 1. The van der Waals surface area contributed by atoms with Crippen LogP contribution in [0.3, 0.4) is 0 Å². The van der Waals surface area contributed by atoms with Gasteiger partial charge in [-0.15, -0.1) is 0 Å². The van der Waals surface area contributed by atoms with E-state index in [4.69, 9.17) is 16.3 Å². The molecule has 3 rings (SSSR count). The summed E-state index contributed by atoms with van der Waals surface area (Å²) in [5, 5.41) is 0.607. The van der Waals surface area contributed by atoms with E-state index in [1.807, 2.05) is 42.2 Å². The molecule has 2 atom stereocenters. The summed E-state index contributed by atoms with van der Waals surface area (Å²) in [5.41, 5.74) is 2.15. The summed E-state index contributed by atoms with van der Waals surface area (Å²) >= 11 is 6.27. The van der Waals surface area contributed by atoms with Gasteiger partial charge in [0.25, 0.3) is 5.91 Å². The van der Waals surface area contributed by atoms with Crippen LogP contribution in [0.25, 0.3) is 0 Å². The van der Waals surface area contributed by atoms with Gasteiger partial charge in [-0.3, -0.25) is 4.79 Å². The fourth-order valence-corrected chi connectivity index (χ4v) is 3.70.